The van der Waals surface area contributed by atoms with Gasteiger partial charge in [0.2, 0.25) is 5.91 Å². The first-order valence-electron chi connectivity index (χ1n) is 7.58. The first-order chi connectivity index (χ1) is 8.58. The third-order valence-corrected chi connectivity index (χ3v) is 4.57. The third-order valence-electron chi connectivity index (χ3n) is 4.57. The summed E-state index contributed by atoms with van der Waals surface area (Å²) in [6.45, 7) is 8.06. The van der Waals surface area contributed by atoms with Crippen LogP contribution in [0.4, 0.5) is 0 Å². The monoisotopic (exact) mass is 254 g/mol. The van der Waals surface area contributed by atoms with Crippen LogP contribution in [0.2, 0.25) is 0 Å². The fourth-order valence-electron chi connectivity index (χ4n) is 2.69. The van der Waals surface area contributed by atoms with Gasteiger partial charge in [-0.2, -0.15) is 0 Å². The lowest BCUT2D eigenvalue weighted by molar-refractivity contribution is -0.137. The van der Waals surface area contributed by atoms with E-state index in [2.05, 4.69) is 25.7 Å². The average molecular weight is 254 g/mol. The molecule has 3 nitrogen and oxygen atoms in total. The van der Waals surface area contributed by atoms with E-state index >= 15 is 0 Å². The highest BCUT2D eigenvalue weighted by Gasteiger charge is 2.38. The topological polar surface area (TPSA) is 46.3 Å². The molecule has 0 radical (unpaired) electrons. The molecule has 106 valence electrons. The van der Waals surface area contributed by atoms with Crippen LogP contribution in [-0.4, -0.2) is 29.9 Å². The average Bonchev–Trinajstić information content (AvgIpc) is 2.33. The maximum absolute atomic E-state index is 12.5. The highest BCUT2D eigenvalue weighted by molar-refractivity contribution is 5.77. The lowest BCUT2D eigenvalue weighted by Gasteiger charge is -2.42. The van der Waals surface area contributed by atoms with Crippen molar-refractivity contribution in [2.75, 3.05) is 13.1 Å². The molecule has 0 aromatic heterocycles. The number of nitrogens with two attached hydrogens (primary N) is 1. The zero-order chi connectivity index (χ0) is 13.6. The molecule has 18 heavy (non-hydrogen) atoms. The summed E-state index contributed by atoms with van der Waals surface area (Å²) in [6.07, 6.45) is 7.45. The van der Waals surface area contributed by atoms with Crippen molar-refractivity contribution in [2.45, 2.75) is 71.8 Å². The summed E-state index contributed by atoms with van der Waals surface area (Å²) in [5, 5.41) is 0. The summed E-state index contributed by atoms with van der Waals surface area (Å²) in [5.41, 5.74) is 5.99. The van der Waals surface area contributed by atoms with Crippen molar-refractivity contribution in [3.05, 3.63) is 0 Å². The van der Waals surface area contributed by atoms with Crippen molar-refractivity contribution in [1.82, 2.24) is 4.90 Å². The molecule has 0 aromatic carbocycles. The molecule has 1 fully saturated rings. The van der Waals surface area contributed by atoms with Crippen LogP contribution in [0.15, 0.2) is 0 Å². The van der Waals surface area contributed by atoms with Crippen LogP contribution < -0.4 is 5.73 Å². The molecule has 1 aliphatic carbocycles. The Balaban J connectivity index is 2.57. The van der Waals surface area contributed by atoms with Gasteiger partial charge in [0, 0.05) is 19.0 Å². The highest BCUT2D eigenvalue weighted by Crippen LogP contribution is 2.43. The Morgan fingerprint density at radius 3 is 2.44 bits per heavy atom. The molecule has 1 rings (SSSR count). The lowest BCUT2D eigenvalue weighted by atomic mass is 9.66. The molecule has 3 heteroatoms. The molecule has 2 N–H and O–H groups in total. The van der Waals surface area contributed by atoms with E-state index in [1.54, 1.807) is 0 Å². The van der Waals surface area contributed by atoms with Crippen molar-refractivity contribution in [3.8, 4) is 0 Å². The summed E-state index contributed by atoms with van der Waals surface area (Å²) in [6, 6.07) is 0.360. The fraction of sp³-hybridized carbons (Fsp3) is 0.933. The molecule has 0 aliphatic heterocycles. The summed E-state index contributed by atoms with van der Waals surface area (Å²) < 4.78 is 0. The van der Waals surface area contributed by atoms with Crippen LogP contribution in [-0.2, 0) is 4.79 Å². The van der Waals surface area contributed by atoms with Gasteiger partial charge in [0.05, 0.1) is 0 Å². The van der Waals surface area contributed by atoms with Gasteiger partial charge >= 0.3 is 0 Å². The van der Waals surface area contributed by atoms with Crippen LogP contribution >= 0.6 is 0 Å². The van der Waals surface area contributed by atoms with Gasteiger partial charge in [0.15, 0.2) is 0 Å². The zero-order valence-electron chi connectivity index (χ0n) is 12.4. The van der Waals surface area contributed by atoms with Crippen LogP contribution in [0.3, 0.4) is 0 Å². The molecule has 1 aliphatic rings. The Labute approximate surface area is 112 Å². The molecular formula is C15H30N2O. The lowest BCUT2D eigenvalue weighted by Crippen LogP contribution is -2.46. The first kappa shape index (κ1) is 15.5. The fourth-order valence-corrected chi connectivity index (χ4v) is 2.69. The standard InChI is InChI=1S/C15H30N2O/c1-4-6-10-17(13(3)5-2)14(18)11-15(12-16)8-7-9-15/h13H,4-12,16H2,1-3H3. The van der Waals surface area contributed by atoms with Gasteiger partial charge in [0.1, 0.15) is 0 Å². The van der Waals surface area contributed by atoms with Crippen molar-refractivity contribution in [2.24, 2.45) is 11.1 Å². The second kappa shape index (κ2) is 7.13. The molecule has 1 saturated carbocycles. The third kappa shape index (κ3) is 3.71. The molecule has 0 aromatic rings. The van der Waals surface area contributed by atoms with E-state index in [0.717, 1.165) is 38.6 Å². The summed E-state index contributed by atoms with van der Waals surface area (Å²) in [4.78, 5) is 14.6. The summed E-state index contributed by atoms with van der Waals surface area (Å²) in [7, 11) is 0. The Morgan fingerprint density at radius 1 is 1.39 bits per heavy atom. The number of carbonyl (C=O) groups is 1. The molecule has 1 unspecified atom stereocenters. The molecule has 1 amide bonds. The minimum Gasteiger partial charge on any atom is -0.340 e. The van der Waals surface area contributed by atoms with Crippen LogP contribution in [0, 0.1) is 5.41 Å². The van der Waals surface area contributed by atoms with Crippen molar-refractivity contribution in [3.63, 3.8) is 0 Å². The molecule has 0 bridgehead atoms. The molecule has 0 saturated heterocycles. The molecular weight excluding hydrogens is 224 g/mol. The number of hydrogen-bond acceptors (Lipinski definition) is 2. The second-order valence-electron chi connectivity index (χ2n) is 5.93. The molecule has 0 spiro atoms. The largest absolute Gasteiger partial charge is 0.340 e. The number of amides is 1. The maximum atomic E-state index is 12.5. The van der Waals surface area contributed by atoms with E-state index in [1.165, 1.54) is 6.42 Å². The van der Waals surface area contributed by atoms with Crippen molar-refractivity contribution >= 4 is 5.91 Å². The molecule has 0 heterocycles. The summed E-state index contributed by atoms with van der Waals surface area (Å²) >= 11 is 0. The van der Waals surface area contributed by atoms with E-state index in [0.29, 0.717) is 24.9 Å². The van der Waals surface area contributed by atoms with Gasteiger partial charge in [-0.15, -0.1) is 0 Å². The number of unbranched alkanes of at least 4 members (excludes halogenated alkanes) is 1. The van der Waals surface area contributed by atoms with Crippen molar-refractivity contribution in [1.29, 1.82) is 0 Å². The summed E-state index contributed by atoms with van der Waals surface area (Å²) in [5.74, 6) is 0.322. The van der Waals surface area contributed by atoms with Gasteiger partial charge in [-0.3, -0.25) is 4.79 Å². The van der Waals surface area contributed by atoms with Gasteiger partial charge in [-0.05, 0) is 44.6 Å². The molecule has 1 atom stereocenters. The van der Waals surface area contributed by atoms with Crippen molar-refractivity contribution < 1.29 is 4.79 Å². The first-order valence-corrected chi connectivity index (χ1v) is 7.58. The quantitative estimate of drug-likeness (QED) is 0.724. The second-order valence-corrected chi connectivity index (χ2v) is 5.93. The van der Waals surface area contributed by atoms with Gasteiger partial charge in [0.25, 0.3) is 0 Å². The minimum absolute atomic E-state index is 0.134. The zero-order valence-corrected chi connectivity index (χ0v) is 12.4. The minimum atomic E-state index is 0.134. The highest BCUT2D eigenvalue weighted by atomic mass is 16.2. The Hall–Kier alpha value is -0.570. The van der Waals surface area contributed by atoms with E-state index in [1.807, 2.05) is 0 Å². The van der Waals surface area contributed by atoms with Gasteiger partial charge < -0.3 is 10.6 Å². The Bertz CT molecular complexity index is 256. The SMILES string of the molecule is CCCCN(C(=O)CC1(CN)CCC1)C(C)CC. The normalized spacial score (nSPS) is 19.1. The predicted molar refractivity (Wildman–Crippen MR) is 76.3 cm³/mol. The predicted octanol–water partition coefficient (Wildman–Crippen LogP) is 2.93. The number of rotatable bonds is 8. The van der Waals surface area contributed by atoms with Crippen LogP contribution in [0.1, 0.15) is 65.7 Å². The number of carbonyl (C=O) groups excluding carboxylic acids is 1. The number of hydrogen-bond donors (Lipinski definition) is 1. The Kier molecular flexibility index (Phi) is 6.13. The number of nitrogens with zero attached hydrogens (tertiary/aromatic N) is 1. The van der Waals surface area contributed by atoms with Gasteiger partial charge in [-0.1, -0.05) is 26.7 Å². The van der Waals surface area contributed by atoms with E-state index < -0.39 is 0 Å². The van der Waals surface area contributed by atoms with E-state index in [9.17, 15) is 4.79 Å². The van der Waals surface area contributed by atoms with Gasteiger partial charge in [-0.25, -0.2) is 0 Å². The maximum Gasteiger partial charge on any atom is 0.223 e. The van der Waals surface area contributed by atoms with Crippen LogP contribution in [0.25, 0.3) is 0 Å². The van der Waals surface area contributed by atoms with E-state index in [4.69, 9.17) is 5.73 Å². The van der Waals surface area contributed by atoms with Crippen LogP contribution in [0.5, 0.6) is 0 Å². The smallest absolute Gasteiger partial charge is 0.223 e. The Morgan fingerprint density at radius 2 is 2.06 bits per heavy atom. The van der Waals surface area contributed by atoms with E-state index in [-0.39, 0.29) is 5.41 Å².